The zero-order valence-corrected chi connectivity index (χ0v) is 18.4. The van der Waals surface area contributed by atoms with Gasteiger partial charge in [-0.25, -0.2) is 0 Å². The fourth-order valence-corrected chi connectivity index (χ4v) is 4.01. The number of hydrogen-bond acceptors (Lipinski definition) is 4. The van der Waals surface area contributed by atoms with E-state index in [0.717, 1.165) is 23.3 Å². The normalized spacial score (nSPS) is 17.9. The Labute approximate surface area is 194 Å². The van der Waals surface area contributed by atoms with E-state index in [0.29, 0.717) is 11.1 Å². The summed E-state index contributed by atoms with van der Waals surface area (Å²) < 4.78 is 39.6. The Hall–Kier alpha value is -3.94. The van der Waals surface area contributed by atoms with Crippen LogP contribution in [0.15, 0.2) is 72.6 Å². The first-order valence-electron chi connectivity index (χ1n) is 10.5. The number of hydrogen-bond donors (Lipinski definition) is 1. The highest BCUT2D eigenvalue weighted by atomic mass is 19.4. The van der Waals surface area contributed by atoms with Crippen LogP contribution in [0.3, 0.4) is 0 Å². The number of aromatic nitrogens is 1. The molecule has 1 atom stereocenters. The van der Waals surface area contributed by atoms with Gasteiger partial charge in [-0.15, -0.1) is 0 Å². The second-order valence-electron chi connectivity index (χ2n) is 8.21. The number of aliphatic hydroxyl groups excluding tert-OH is 1. The molecule has 1 N–H and O–H groups in total. The molecule has 1 aliphatic heterocycles. The summed E-state index contributed by atoms with van der Waals surface area (Å²) in [5.41, 5.74) is 1.93. The number of aliphatic hydroxyl groups is 1. The molecule has 1 aliphatic rings. The number of amides is 1. The van der Waals surface area contributed by atoms with E-state index in [-0.39, 0.29) is 23.4 Å². The zero-order valence-electron chi connectivity index (χ0n) is 18.4. The molecule has 3 aromatic rings. The Morgan fingerprint density at radius 3 is 2.44 bits per heavy atom. The SMILES string of the molecule is Cc1ccc(/C(O)=C2\C(=O)C(=O)N(Cc3cccc(C(F)(F)F)c3)C2c2cccnc2)cc1C. The molecule has 2 heterocycles. The van der Waals surface area contributed by atoms with E-state index in [1.165, 1.54) is 29.4 Å². The van der Waals surface area contributed by atoms with Crippen molar-refractivity contribution in [2.75, 3.05) is 0 Å². The number of likely N-dealkylation sites (tertiary alicyclic amines) is 1. The molecule has 1 amide bonds. The summed E-state index contributed by atoms with van der Waals surface area (Å²) in [6.45, 7) is 3.51. The van der Waals surface area contributed by atoms with Gasteiger partial charge in [0.1, 0.15) is 5.76 Å². The van der Waals surface area contributed by atoms with Crippen LogP contribution in [0.1, 0.15) is 39.4 Å². The van der Waals surface area contributed by atoms with Gasteiger partial charge in [0.05, 0.1) is 17.2 Å². The van der Waals surface area contributed by atoms with Crippen molar-refractivity contribution in [1.82, 2.24) is 9.88 Å². The van der Waals surface area contributed by atoms with Crippen molar-refractivity contribution < 1.29 is 27.9 Å². The second kappa shape index (κ2) is 8.78. The van der Waals surface area contributed by atoms with Gasteiger partial charge >= 0.3 is 6.18 Å². The predicted molar refractivity (Wildman–Crippen MR) is 119 cm³/mol. The second-order valence-corrected chi connectivity index (χ2v) is 8.21. The molecule has 1 saturated heterocycles. The van der Waals surface area contributed by atoms with E-state index in [9.17, 15) is 27.9 Å². The van der Waals surface area contributed by atoms with E-state index < -0.39 is 29.5 Å². The molecule has 0 aliphatic carbocycles. The maximum atomic E-state index is 13.2. The summed E-state index contributed by atoms with van der Waals surface area (Å²) in [6.07, 6.45) is -1.56. The quantitative estimate of drug-likeness (QED) is 0.320. The Bertz CT molecular complexity index is 1300. The molecule has 5 nitrogen and oxygen atoms in total. The topological polar surface area (TPSA) is 70.5 Å². The van der Waals surface area contributed by atoms with Crippen LogP contribution in [0.5, 0.6) is 0 Å². The lowest BCUT2D eigenvalue weighted by Crippen LogP contribution is -2.29. The Morgan fingerprint density at radius 1 is 1.03 bits per heavy atom. The van der Waals surface area contributed by atoms with Gasteiger partial charge in [0.25, 0.3) is 11.7 Å². The van der Waals surface area contributed by atoms with E-state index >= 15 is 0 Å². The maximum Gasteiger partial charge on any atom is 0.416 e. The number of alkyl halides is 3. The maximum absolute atomic E-state index is 13.2. The molecule has 0 bridgehead atoms. The van der Waals surface area contributed by atoms with Crippen LogP contribution in [-0.2, 0) is 22.3 Å². The highest BCUT2D eigenvalue weighted by molar-refractivity contribution is 6.46. The van der Waals surface area contributed by atoms with Gasteiger partial charge in [-0.1, -0.05) is 30.3 Å². The predicted octanol–water partition coefficient (Wildman–Crippen LogP) is 5.34. The van der Waals surface area contributed by atoms with E-state index in [1.807, 2.05) is 13.8 Å². The third-order valence-corrected chi connectivity index (χ3v) is 5.93. The summed E-state index contributed by atoms with van der Waals surface area (Å²) in [6, 6.07) is 12.0. The molecule has 34 heavy (non-hydrogen) atoms. The minimum Gasteiger partial charge on any atom is -0.507 e. The molecule has 4 rings (SSSR count). The van der Waals surface area contributed by atoms with Crippen molar-refractivity contribution in [3.63, 3.8) is 0 Å². The number of rotatable bonds is 4. The van der Waals surface area contributed by atoms with Crippen molar-refractivity contribution in [3.8, 4) is 0 Å². The highest BCUT2D eigenvalue weighted by Gasteiger charge is 2.46. The van der Waals surface area contributed by atoms with E-state index in [2.05, 4.69) is 4.98 Å². The zero-order chi connectivity index (χ0) is 24.6. The van der Waals surface area contributed by atoms with Gasteiger partial charge in [0.15, 0.2) is 0 Å². The van der Waals surface area contributed by atoms with Crippen LogP contribution in [-0.4, -0.2) is 26.7 Å². The molecule has 8 heteroatoms. The third-order valence-electron chi connectivity index (χ3n) is 5.93. The fraction of sp³-hybridized carbons (Fsp3) is 0.192. The van der Waals surface area contributed by atoms with Gasteiger partial charge in [0.2, 0.25) is 0 Å². The minimum atomic E-state index is -4.55. The summed E-state index contributed by atoms with van der Waals surface area (Å²) in [5, 5.41) is 11.1. The molecule has 2 aromatic carbocycles. The highest BCUT2D eigenvalue weighted by Crippen LogP contribution is 2.40. The Balaban J connectivity index is 1.83. The van der Waals surface area contributed by atoms with Crippen LogP contribution in [0.2, 0.25) is 0 Å². The number of carbonyl (C=O) groups excluding carboxylic acids is 2. The lowest BCUT2D eigenvalue weighted by molar-refractivity contribution is -0.140. The number of Topliss-reactive ketones (excluding diaryl/α,β-unsaturated/α-hetero) is 1. The standard InChI is InChI=1S/C26H21F3N2O3/c1-15-8-9-18(11-16(15)2)23(32)21-22(19-6-4-10-30-13-19)31(25(34)24(21)33)14-17-5-3-7-20(12-17)26(27,28)29/h3-13,22,32H,14H2,1-2H3/b23-21+. The number of ketones is 1. The van der Waals surface area contributed by atoms with Crippen molar-refractivity contribution >= 4 is 17.4 Å². The van der Waals surface area contributed by atoms with Crippen molar-refractivity contribution in [2.24, 2.45) is 0 Å². The van der Waals surface area contributed by atoms with Gasteiger partial charge in [-0.3, -0.25) is 14.6 Å². The average Bonchev–Trinajstić information content (AvgIpc) is 3.05. The van der Waals surface area contributed by atoms with Gasteiger partial charge in [0, 0.05) is 24.5 Å². The average molecular weight is 466 g/mol. The molecule has 1 fully saturated rings. The number of aryl methyl sites for hydroxylation is 2. The number of pyridine rings is 1. The first-order chi connectivity index (χ1) is 16.1. The van der Waals surface area contributed by atoms with Gasteiger partial charge in [-0.05, 0) is 60.4 Å². The monoisotopic (exact) mass is 466 g/mol. The number of halogens is 3. The molecule has 174 valence electrons. The summed E-state index contributed by atoms with van der Waals surface area (Å²) in [5.74, 6) is -2.16. The summed E-state index contributed by atoms with van der Waals surface area (Å²) >= 11 is 0. The fourth-order valence-electron chi connectivity index (χ4n) is 4.01. The van der Waals surface area contributed by atoms with E-state index in [4.69, 9.17) is 0 Å². The van der Waals surface area contributed by atoms with Crippen molar-refractivity contribution in [3.05, 3.63) is 106 Å². The first-order valence-corrected chi connectivity index (χ1v) is 10.5. The van der Waals surface area contributed by atoms with Crippen LogP contribution >= 0.6 is 0 Å². The van der Waals surface area contributed by atoms with Crippen LogP contribution in [0.4, 0.5) is 13.2 Å². The Morgan fingerprint density at radius 2 is 1.79 bits per heavy atom. The summed E-state index contributed by atoms with van der Waals surface area (Å²) in [4.78, 5) is 31.3. The smallest absolute Gasteiger partial charge is 0.416 e. The van der Waals surface area contributed by atoms with Crippen molar-refractivity contribution in [1.29, 1.82) is 0 Å². The van der Waals surface area contributed by atoms with Crippen LogP contribution < -0.4 is 0 Å². The summed E-state index contributed by atoms with van der Waals surface area (Å²) in [7, 11) is 0. The minimum absolute atomic E-state index is 0.131. The van der Waals surface area contributed by atoms with Crippen molar-refractivity contribution in [2.45, 2.75) is 32.6 Å². The first kappa shape index (κ1) is 23.2. The molecule has 1 aromatic heterocycles. The third kappa shape index (κ3) is 4.31. The molecule has 0 spiro atoms. The Kier molecular flexibility index (Phi) is 6.00. The molecule has 1 unspecified atom stereocenters. The van der Waals surface area contributed by atoms with Crippen LogP contribution in [0, 0.1) is 13.8 Å². The largest absolute Gasteiger partial charge is 0.507 e. The lowest BCUT2D eigenvalue weighted by atomic mass is 9.95. The van der Waals surface area contributed by atoms with Gasteiger partial charge < -0.3 is 10.0 Å². The van der Waals surface area contributed by atoms with Gasteiger partial charge in [-0.2, -0.15) is 13.2 Å². The van der Waals surface area contributed by atoms with E-state index in [1.54, 1.807) is 30.3 Å². The number of carbonyl (C=O) groups is 2. The van der Waals surface area contributed by atoms with Crippen LogP contribution in [0.25, 0.3) is 5.76 Å². The molecular weight excluding hydrogens is 445 g/mol. The number of benzene rings is 2. The lowest BCUT2D eigenvalue weighted by Gasteiger charge is -2.25. The molecule has 0 saturated carbocycles. The molecular formula is C26H21F3N2O3. The number of nitrogens with zero attached hydrogens (tertiary/aromatic N) is 2. The molecule has 0 radical (unpaired) electrons.